The molecule has 0 saturated heterocycles. The van der Waals surface area contributed by atoms with Crippen molar-refractivity contribution >= 4 is 33.2 Å². The zero-order valence-electron chi connectivity index (χ0n) is 16.4. The summed E-state index contributed by atoms with van der Waals surface area (Å²) >= 11 is 11.5. The lowest BCUT2D eigenvalue weighted by Crippen LogP contribution is -2.24. The normalized spacial score (nSPS) is 12.6. The Labute approximate surface area is 198 Å². The van der Waals surface area contributed by atoms with Gasteiger partial charge in [-0.2, -0.15) is 26.3 Å². The molecule has 34 heavy (non-hydrogen) atoms. The minimum absolute atomic E-state index is 0.0283. The minimum Gasteiger partial charge on any atom is -0.438 e. The van der Waals surface area contributed by atoms with E-state index in [0.717, 1.165) is 12.1 Å². The quantitative estimate of drug-likeness (QED) is 0.379. The highest BCUT2D eigenvalue weighted by Gasteiger charge is 2.32. The number of halogens is 8. The summed E-state index contributed by atoms with van der Waals surface area (Å²) in [6, 6.07) is 5.91. The van der Waals surface area contributed by atoms with Crippen LogP contribution in [0.15, 0.2) is 53.7 Å². The van der Waals surface area contributed by atoms with E-state index in [1.165, 1.54) is 12.1 Å². The van der Waals surface area contributed by atoms with Crippen LogP contribution in [0.1, 0.15) is 16.8 Å². The van der Waals surface area contributed by atoms with E-state index >= 15 is 0 Å². The Kier molecular flexibility index (Phi) is 7.31. The van der Waals surface area contributed by atoms with Gasteiger partial charge in [-0.25, -0.2) is 18.1 Å². The number of hydrogen-bond donors (Lipinski definition) is 1. The van der Waals surface area contributed by atoms with Gasteiger partial charge in [-0.3, -0.25) is 4.98 Å². The summed E-state index contributed by atoms with van der Waals surface area (Å²) in [4.78, 5) is 6.81. The van der Waals surface area contributed by atoms with Crippen molar-refractivity contribution in [3.05, 3.63) is 75.7 Å². The summed E-state index contributed by atoms with van der Waals surface area (Å²) in [6.45, 7) is -0.483. The second-order valence-electron chi connectivity index (χ2n) is 6.56. The van der Waals surface area contributed by atoms with Crippen molar-refractivity contribution in [2.24, 2.45) is 0 Å². The third-order valence-electron chi connectivity index (χ3n) is 4.16. The fourth-order valence-electron chi connectivity index (χ4n) is 2.45. The first kappa shape index (κ1) is 26.0. The molecule has 1 N–H and O–H groups in total. The van der Waals surface area contributed by atoms with E-state index in [4.69, 9.17) is 27.9 Å². The van der Waals surface area contributed by atoms with Crippen LogP contribution in [-0.4, -0.2) is 18.4 Å². The van der Waals surface area contributed by atoms with Crippen LogP contribution < -0.4 is 9.46 Å². The summed E-state index contributed by atoms with van der Waals surface area (Å²) in [5.74, 6) is -0.299. The Bertz CT molecular complexity index is 1300. The van der Waals surface area contributed by atoms with E-state index in [2.05, 4.69) is 14.7 Å². The highest BCUT2D eigenvalue weighted by molar-refractivity contribution is 7.89. The molecule has 0 saturated carbocycles. The van der Waals surface area contributed by atoms with Crippen LogP contribution >= 0.6 is 23.2 Å². The molecule has 0 aliphatic heterocycles. The third-order valence-corrected chi connectivity index (χ3v) is 6.17. The van der Waals surface area contributed by atoms with Crippen molar-refractivity contribution in [3.8, 4) is 11.6 Å². The maximum Gasteiger partial charge on any atom is 0.417 e. The number of aromatic nitrogens is 2. The van der Waals surface area contributed by atoms with Crippen LogP contribution in [0.5, 0.6) is 11.6 Å². The van der Waals surface area contributed by atoms with Gasteiger partial charge in [-0.1, -0.05) is 23.2 Å². The number of benzene rings is 1. The van der Waals surface area contributed by atoms with E-state index in [0.29, 0.717) is 24.5 Å². The first-order valence-corrected chi connectivity index (χ1v) is 11.1. The molecule has 0 aliphatic rings. The SMILES string of the molecule is O=S(=O)(NCc1ncc(C(F)(F)F)cc1Cl)c1ccc(Oc2ncc(C(F)(F)F)cc2Cl)cc1. The highest BCUT2D eigenvalue weighted by Crippen LogP contribution is 2.35. The molecule has 0 atom stereocenters. The molecule has 15 heteroatoms. The zero-order valence-corrected chi connectivity index (χ0v) is 18.7. The molecule has 2 aromatic heterocycles. The maximum atomic E-state index is 12.7. The summed E-state index contributed by atoms with van der Waals surface area (Å²) < 4.78 is 108. The molecule has 0 amide bonds. The lowest BCUT2D eigenvalue weighted by atomic mass is 10.2. The molecule has 0 unspecified atom stereocenters. The third kappa shape index (κ3) is 6.29. The highest BCUT2D eigenvalue weighted by atomic mass is 35.5. The first-order chi connectivity index (χ1) is 15.7. The van der Waals surface area contributed by atoms with E-state index in [9.17, 15) is 34.8 Å². The van der Waals surface area contributed by atoms with Gasteiger partial charge in [-0.05, 0) is 36.4 Å². The van der Waals surface area contributed by atoms with Gasteiger partial charge in [0.1, 0.15) is 10.8 Å². The van der Waals surface area contributed by atoms with Crippen LogP contribution in [0.2, 0.25) is 10.0 Å². The van der Waals surface area contributed by atoms with Crippen molar-refractivity contribution in [1.29, 1.82) is 0 Å². The Morgan fingerprint density at radius 2 is 1.38 bits per heavy atom. The Hall–Kier alpha value is -2.61. The summed E-state index contributed by atoms with van der Waals surface area (Å²) in [6.07, 6.45) is -8.23. The molecule has 0 bridgehead atoms. The van der Waals surface area contributed by atoms with Crippen molar-refractivity contribution in [2.75, 3.05) is 0 Å². The van der Waals surface area contributed by atoms with Crippen molar-refractivity contribution in [1.82, 2.24) is 14.7 Å². The number of nitrogens with one attached hydrogen (secondary N) is 1. The Balaban J connectivity index is 1.69. The smallest absolute Gasteiger partial charge is 0.417 e. The minimum atomic E-state index is -4.65. The maximum absolute atomic E-state index is 12.7. The van der Waals surface area contributed by atoms with Gasteiger partial charge < -0.3 is 4.74 Å². The van der Waals surface area contributed by atoms with Gasteiger partial charge in [0.2, 0.25) is 15.9 Å². The molecule has 1 aromatic carbocycles. The van der Waals surface area contributed by atoms with Crippen LogP contribution in [0.3, 0.4) is 0 Å². The molecule has 182 valence electrons. The standard InChI is InChI=1S/C19H11Cl2F6N3O3S/c20-14-5-10(18(22,23)24)7-28-16(14)9-30-34(31,32)13-3-1-12(2-4-13)33-17-15(21)6-11(8-29-17)19(25,26)27/h1-8,30H,9H2. The molecular formula is C19H11Cl2F6N3O3S. The van der Waals surface area contributed by atoms with E-state index in [1.54, 1.807) is 0 Å². The van der Waals surface area contributed by atoms with Crippen molar-refractivity contribution in [3.63, 3.8) is 0 Å². The number of hydrogen-bond acceptors (Lipinski definition) is 5. The fourth-order valence-corrected chi connectivity index (χ4v) is 3.88. The molecule has 0 aliphatic carbocycles. The summed E-state index contributed by atoms with van der Waals surface area (Å²) in [5, 5.41) is -0.781. The zero-order chi connectivity index (χ0) is 25.3. The average molecular weight is 546 g/mol. The average Bonchev–Trinajstić information content (AvgIpc) is 2.73. The van der Waals surface area contributed by atoms with Crippen LogP contribution in [0.4, 0.5) is 26.3 Å². The topological polar surface area (TPSA) is 81.2 Å². The van der Waals surface area contributed by atoms with E-state index in [-0.39, 0.29) is 27.2 Å². The summed E-state index contributed by atoms with van der Waals surface area (Å²) in [5.41, 5.74) is -2.27. The van der Waals surface area contributed by atoms with Crippen molar-refractivity contribution < 1.29 is 39.5 Å². The van der Waals surface area contributed by atoms with Crippen LogP contribution in [0, 0.1) is 0 Å². The van der Waals surface area contributed by atoms with Gasteiger partial charge in [0, 0.05) is 12.4 Å². The van der Waals surface area contributed by atoms with Gasteiger partial charge >= 0.3 is 12.4 Å². The monoisotopic (exact) mass is 545 g/mol. The van der Waals surface area contributed by atoms with Crippen LogP contribution in [-0.2, 0) is 28.9 Å². The van der Waals surface area contributed by atoms with Crippen LogP contribution in [0.25, 0.3) is 0 Å². The Morgan fingerprint density at radius 1 is 0.853 bits per heavy atom. The number of sulfonamides is 1. The predicted molar refractivity (Wildman–Crippen MR) is 109 cm³/mol. The van der Waals surface area contributed by atoms with E-state index in [1.807, 2.05) is 0 Å². The molecule has 0 fully saturated rings. The van der Waals surface area contributed by atoms with Gasteiger partial charge in [0.25, 0.3) is 0 Å². The molecular weight excluding hydrogens is 535 g/mol. The molecule has 0 spiro atoms. The second-order valence-corrected chi connectivity index (χ2v) is 9.14. The number of alkyl halides is 6. The first-order valence-electron chi connectivity index (χ1n) is 8.89. The lowest BCUT2D eigenvalue weighted by Gasteiger charge is -2.11. The fraction of sp³-hybridized carbons (Fsp3) is 0.158. The molecule has 0 radical (unpaired) electrons. The summed E-state index contributed by atoms with van der Waals surface area (Å²) in [7, 11) is -4.13. The number of rotatable bonds is 6. The van der Waals surface area contributed by atoms with Crippen molar-refractivity contribution in [2.45, 2.75) is 23.8 Å². The largest absolute Gasteiger partial charge is 0.438 e. The number of nitrogens with zero attached hydrogens (tertiary/aromatic N) is 2. The van der Waals surface area contributed by atoms with Gasteiger partial charge in [-0.15, -0.1) is 0 Å². The van der Waals surface area contributed by atoms with E-state index < -0.39 is 45.1 Å². The number of pyridine rings is 2. The lowest BCUT2D eigenvalue weighted by molar-refractivity contribution is -0.138. The number of ether oxygens (including phenoxy) is 1. The molecule has 6 nitrogen and oxygen atoms in total. The Morgan fingerprint density at radius 3 is 1.88 bits per heavy atom. The second kappa shape index (κ2) is 9.56. The van der Waals surface area contributed by atoms with Gasteiger partial charge in [0.15, 0.2) is 0 Å². The molecule has 3 aromatic rings. The molecule has 2 heterocycles. The van der Waals surface area contributed by atoms with Gasteiger partial charge in [0.05, 0.1) is 33.3 Å². The molecule has 3 rings (SSSR count). The predicted octanol–water partition coefficient (Wildman–Crippen LogP) is 6.09.